The SMILES string of the molecule is C=C(C)C(CC)[C@H](C)/C(=C\C=C(/C)OC)N=CC. The smallest absolute Gasteiger partial charge is 0.0925 e. The Kier molecular flexibility index (Phi) is 8.10. The molecule has 0 rings (SSSR count). The highest BCUT2D eigenvalue weighted by Crippen LogP contribution is 2.29. The van der Waals surface area contributed by atoms with Crippen molar-refractivity contribution in [1.29, 1.82) is 0 Å². The molecule has 0 spiro atoms. The van der Waals surface area contributed by atoms with Crippen LogP contribution in [0.15, 0.2) is 40.8 Å². The molecule has 18 heavy (non-hydrogen) atoms. The summed E-state index contributed by atoms with van der Waals surface area (Å²) in [5.41, 5.74) is 2.29. The molecular formula is C16H27NO. The zero-order valence-corrected chi connectivity index (χ0v) is 12.7. The predicted octanol–water partition coefficient (Wildman–Crippen LogP) is 4.75. The number of rotatable bonds is 7. The summed E-state index contributed by atoms with van der Waals surface area (Å²) in [6, 6.07) is 0. The molecule has 0 saturated heterocycles. The van der Waals surface area contributed by atoms with Crippen molar-refractivity contribution >= 4 is 6.21 Å². The molecule has 0 aliphatic rings. The average molecular weight is 249 g/mol. The van der Waals surface area contributed by atoms with Gasteiger partial charge >= 0.3 is 0 Å². The maximum atomic E-state index is 5.14. The Morgan fingerprint density at radius 2 is 1.94 bits per heavy atom. The van der Waals surface area contributed by atoms with Crippen LogP contribution in [0.3, 0.4) is 0 Å². The summed E-state index contributed by atoms with van der Waals surface area (Å²) >= 11 is 0. The van der Waals surface area contributed by atoms with Gasteiger partial charge < -0.3 is 4.74 Å². The lowest BCUT2D eigenvalue weighted by Gasteiger charge is -2.23. The van der Waals surface area contributed by atoms with E-state index in [2.05, 4.69) is 32.3 Å². The number of aliphatic imine (C=N–C) groups is 1. The number of allylic oxidation sites excluding steroid dienone is 5. The van der Waals surface area contributed by atoms with E-state index >= 15 is 0 Å². The summed E-state index contributed by atoms with van der Waals surface area (Å²) in [5.74, 6) is 1.72. The van der Waals surface area contributed by atoms with Gasteiger partial charge in [0.2, 0.25) is 0 Å². The van der Waals surface area contributed by atoms with E-state index in [-0.39, 0.29) is 0 Å². The van der Waals surface area contributed by atoms with Crippen molar-refractivity contribution in [1.82, 2.24) is 0 Å². The molecule has 0 aromatic rings. The molecule has 0 aliphatic heterocycles. The molecule has 2 heteroatoms. The molecule has 0 amide bonds. The highest BCUT2D eigenvalue weighted by molar-refractivity contribution is 5.55. The van der Waals surface area contributed by atoms with Crippen molar-refractivity contribution in [2.24, 2.45) is 16.8 Å². The van der Waals surface area contributed by atoms with Crippen molar-refractivity contribution in [3.05, 3.63) is 35.8 Å². The van der Waals surface area contributed by atoms with Gasteiger partial charge in [-0.05, 0) is 45.3 Å². The first-order valence-electron chi connectivity index (χ1n) is 6.54. The molecule has 0 aliphatic carbocycles. The third-order valence-corrected chi connectivity index (χ3v) is 3.23. The van der Waals surface area contributed by atoms with Crippen LogP contribution in [0.1, 0.15) is 41.0 Å². The largest absolute Gasteiger partial charge is 0.501 e. The van der Waals surface area contributed by atoms with Crippen molar-refractivity contribution in [2.45, 2.75) is 41.0 Å². The molecule has 0 saturated carbocycles. The third-order valence-electron chi connectivity index (χ3n) is 3.23. The highest BCUT2D eigenvalue weighted by Gasteiger charge is 2.19. The zero-order chi connectivity index (χ0) is 14.1. The molecule has 0 aromatic heterocycles. The number of methoxy groups -OCH3 is 1. The van der Waals surface area contributed by atoms with Gasteiger partial charge in [-0.3, -0.25) is 4.99 Å². The van der Waals surface area contributed by atoms with Crippen LogP contribution in [-0.4, -0.2) is 13.3 Å². The van der Waals surface area contributed by atoms with Crippen molar-refractivity contribution in [3.63, 3.8) is 0 Å². The summed E-state index contributed by atoms with van der Waals surface area (Å²) in [7, 11) is 1.68. The Morgan fingerprint density at radius 1 is 1.33 bits per heavy atom. The van der Waals surface area contributed by atoms with Crippen LogP contribution < -0.4 is 0 Å². The number of ether oxygens (including phenoxy) is 1. The Hall–Kier alpha value is -1.31. The van der Waals surface area contributed by atoms with E-state index < -0.39 is 0 Å². The lowest BCUT2D eigenvalue weighted by molar-refractivity contribution is 0.293. The van der Waals surface area contributed by atoms with Crippen LogP contribution in [0.2, 0.25) is 0 Å². The van der Waals surface area contributed by atoms with Gasteiger partial charge in [-0.25, -0.2) is 0 Å². The second kappa shape index (κ2) is 8.73. The normalized spacial score (nSPS) is 16.8. The van der Waals surface area contributed by atoms with Crippen LogP contribution in [-0.2, 0) is 4.74 Å². The summed E-state index contributed by atoms with van der Waals surface area (Å²) < 4.78 is 5.14. The predicted molar refractivity (Wildman–Crippen MR) is 80.8 cm³/mol. The third kappa shape index (κ3) is 5.35. The molecule has 1 unspecified atom stereocenters. The fraction of sp³-hybridized carbons (Fsp3) is 0.562. The molecule has 2 atom stereocenters. The highest BCUT2D eigenvalue weighted by atomic mass is 16.5. The van der Waals surface area contributed by atoms with Crippen molar-refractivity contribution in [2.75, 3.05) is 7.11 Å². The number of hydrogen-bond acceptors (Lipinski definition) is 2. The van der Waals surface area contributed by atoms with E-state index in [1.54, 1.807) is 7.11 Å². The van der Waals surface area contributed by atoms with E-state index in [4.69, 9.17) is 4.74 Å². The monoisotopic (exact) mass is 249 g/mol. The van der Waals surface area contributed by atoms with Crippen LogP contribution in [0.5, 0.6) is 0 Å². The van der Waals surface area contributed by atoms with Crippen LogP contribution >= 0.6 is 0 Å². The number of nitrogens with zero attached hydrogens (tertiary/aromatic N) is 1. The molecule has 0 fully saturated rings. The molecular weight excluding hydrogens is 222 g/mol. The second-order valence-electron chi connectivity index (χ2n) is 4.61. The second-order valence-corrected chi connectivity index (χ2v) is 4.61. The van der Waals surface area contributed by atoms with Crippen LogP contribution in [0.4, 0.5) is 0 Å². The molecule has 0 aromatic carbocycles. The van der Waals surface area contributed by atoms with Gasteiger partial charge in [0.05, 0.1) is 12.9 Å². The molecule has 0 heterocycles. The fourth-order valence-corrected chi connectivity index (χ4v) is 2.07. The lowest BCUT2D eigenvalue weighted by atomic mass is 9.84. The Balaban J connectivity index is 5.17. The maximum Gasteiger partial charge on any atom is 0.0925 e. The molecule has 0 bridgehead atoms. The van der Waals surface area contributed by atoms with E-state index in [9.17, 15) is 0 Å². The van der Waals surface area contributed by atoms with Crippen molar-refractivity contribution in [3.8, 4) is 0 Å². The molecule has 2 nitrogen and oxygen atoms in total. The summed E-state index contributed by atoms with van der Waals surface area (Å²) in [5, 5.41) is 0. The molecule has 0 N–H and O–H groups in total. The van der Waals surface area contributed by atoms with Gasteiger partial charge in [0.1, 0.15) is 0 Å². The molecule has 0 radical (unpaired) electrons. The van der Waals surface area contributed by atoms with Gasteiger partial charge in [0.15, 0.2) is 0 Å². The van der Waals surface area contributed by atoms with Crippen LogP contribution in [0, 0.1) is 11.8 Å². The zero-order valence-electron chi connectivity index (χ0n) is 12.7. The van der Waals surface area contributed by atoms with Gasteiger partial charge in [-0.15, -0.1) is 0 Å². The quantitative estimate of drug-likeness (QED) is 0.276. The Bertz CT molecular complexity index is 350. The van der Waals surface area contributed by atoms with E-state index in [0.29, 0.717) is 11.8 Å². The van der Waals surface area contributed by atoms with Gasteiger partial charge in [-0.1, -0.05) is 26.0 Å². The van der Waals surface area contributed by atoms with Gasteiger partial charge in [0.25, 0.3) is 0 Å². The Labute approximate surface area is 112 Å². The lowest BCUT2D eigenvalue weighted by Crippen LogP contribution is -2.13. The van der Waals surface area contributed by atoms with Crippen LogP contribution in [0.25, 0.3) is 0 Å². The average Bonchev–Trinajstić information content (AvgIpc) is 2.34. The topological polar surface area (TPSA) is 21.6 Å². The first-order valence-corrected chi connectivity index (χ1v) is 6.54. The minimum atomic E-state index is 0.365. The molecule has 102 valence electrons. The van der Waals surface area contributed by atoms with Crippen molar-refractivity contribution < 1.29 is 4.74 Å². The van der Waals surface area contributed by atoms with E-state index in [1.807, 2.05) is 32.2 Å². The summed E-state index contributed by atoms with van der Waals surface area (Å²) in [4.78, 5) is 4.48. The maximum absolute atomic E-state index is 5.14. The van der Waals surface area contributed by atoms with E-state index in [1.165, 1.54) is 5.57 Å². The van der Waals surface area contributed by atoms with Gasteiger partial charge in [-0.2, -0.15) is 0 Å². The minimum Gasteiger partial charge on any atom is -0.501 e. The minimum absolute atomic E-state index is 0.365. The summed E-state index contributed by atoms with van der Waals surface area (Å²) in [6.45, 7) is 14.4. The first kappa shape index (κ1) is 16.7. The standard InChI is InChI=1S/C16H27NO/c1-8-15(12(3)4)14(6)16(17-9-2)11-10-13(5)18-7/h9-11,14-15H,3,8H2,1-2,4-7H3/b13-10+,16-11+,17-9?/t14-,15?/m0/s1. The summed E-state index contributed by atoms with van der Waals surface area (Å²) in [6.07, 6.45) is 6.92. The van der Waals surface area contributed by atoms with Gasteiger partial charge in [0, 0.05) is 17.8 Å². The Morgan fingerprint density at radius 3 is 2.33 bits per heavy atom. The van der Waals surface area contributed by atoms with E-state index in [0.717, 1.165) is 17.9 Å². The fourth-order valence-electron chi connectivity index (χ4n) is 2.07. The first-order chi connectivity index (χ1) is 8.47. The number of hydrogen-bond donors (Lipinski definition) is 0.